The van der Waals surface area contributed by atoms with Gasteiger partial charge in [0.15, 0.2) is 9.84 Å². The topological polar surface area (TPSA) is 72.0 Å². The molecule has 1 aromatic heterocycles. The smallest absolute Gasteiger partial charge is 0.180 e. The van der Waals surface area contributed by atoms with Gasteiger partial charge in [-0.05, 0) is 37.6 Å². The van der Waals surface area contributed by atoms with Crippen LogP contribution in [0.2, 0.25) is 0 Å². The van der Waals surface area contributed by atoms with E-state index in [2.05, 4.69) is 22.2 Å². The molecule has 1 aromatic carbocycles. The minimum absolute atomic E-state index is 0.0900. The highest BCUT2D eigenvalue weighted by Crippen LogP contribution is 2.15. The highest BCUT2D eigenvalue weighted by atomic mass is 32.2. The van der Waals surface area contributed by atoms with Crippen molar-refractivity contribution in [1.29, 1.82) is 0 Å². The molecule has 0 unspecified atom stereocenters. The van der Waals surface area contributed by atoms with Crippen LogP contribution in [0, 0.1) is 12.7 Å². The zero-order valence-electron chi connectivity index (χ0n) is 13.2. The summed E-state index contributed by atoms with van der Waals surface area (Å²) in [4.78, 5) is 8.61. The predicted molar refractivity (Wildman–Crippen MR) is 87.7 cm³/mol. The third-order valence-electron chi connectivity index (χ3n) is 3.34. The number of nitrogens with one attached hydrogen (secondary N) is 1. The van der Waals surface area contributed by atoms with Crippen LogP contribution in [0.3, 0.4) is 0 Å². The van der Waals surface area contributed by atoms with Crippen molar-refractivity contribution in [2.24, 2.45) is 0 Å². The first-order chi connectivity index (χ1) is 10.9. The van der Waals surface area contributed by atoms with Crippen molar-refractivity contribution in [3.8, 4) is 0 Å². The lowest BCUT2D eigenvalue weighted by Crippen LogP contribution is -2.17. The summed E-state index contributed by atoms with van der Waals surface area (Å²) in [7, 11) is -3.46. The zero-order valence-corrected chi connectivity index (χ0v) is 14.0. The van der Waals surface area contributed by atoms with Crippen molar-refractivity contribution in [1.82, 2.24) is 9.97 Å². The van der Waals surface area contributed by atoms with Crippen molar-refractivity contribution < 1.29 is 12.8 Å². The minimum Gasteiger partial charge on any atom is -0.369 e. The van der Waals surface area contributed by atoms with Gasteiger partial charge in [-0.1, -0.05) is 13.3 Å². The molecular weight excluding hydrogens is 317 g/mol. The maximum absolute atomic E-state index is 12.9. The Hall–Kier alpha value is -2.02. The van der Waals surface area contributed by atoms with Crippen LogP contribution in [-0.2, 0) is 16.3 Å². The Bertz CT molecular complexity index is 761. The van der Waals surface area contributed by atoms with E-state index in [9.17, 15) is 12.8 Å². The van der Waals surface area contributed by atoms with Gasteiger partial charge in [-0.15, -0.1) is 0 Å². The average Bonchev–Trinajstić information content (AvgIpc) is 2.50. The van der Waals surface area contributed by atoms with E-state index in [0.717, 1.165) is 30.5 Å². The van der Waals surface area contributed by atoms with Gasteiger partial charge >= 0.3 is 0 Å². The number of hydrogen-bond donors (Lipinski definition) is 1. The lowest BCUT2D eigenvalue weighted by Gasteiger charge is -2.11. The van der Waals surface area contributed by atoms with Crippen LogP contribution in [0.15, 0.2) is 35.4 Å². The first kappa shape index (κ1) is 17.3. The lowest BCUT2D eigenvalue weighted by atomic mass is 10.2. The number of anilines is 1. The summed E-state index contributed by atoms with van der Waals surface area (Å²) in [5, 5.41) is 3.07. The maximum Gasteiger partial charge on any atom is 0.180 e. The molecule has 0 amide bonds. The molecule has 0 atom stereocenters. The Morgan fingerprint density at radius 2 is 1.91 bits per heavy atom. The SMILES string of the molecule is CCCc1cnc(C)nc1NCCS(=O)(=O)c1ccc(F)cc1. The molecule has 0 saturated heterocycles. The van der Waals surface area contributed by atoms with Crippen molar-refractivity contribution in [2.45, 2.75) is 31.6 Å². The minimum atomic E-state index is -3.46. The lowest BCUT2D eigenvalue weighted by molar-refractivity contribution is 0.595. The molecule has 0 fully saturated rings. The van der Waals surface area contributed by atoms with Crippen molar-refractivity contribution >= 4 is 15.7 Å². The first-order valence-electron chi connectivity index (χ1n) is 7.47. The molecule has 1 heterocycles. The number of sulfone groups is 1. The van der Waals surface area contributed by atoms with Gasteiger partial charge in [-0.2, -0.15) is 0 Å². The van der Waals surface area contributed by atoms with Gasteiger partial charge in [0.05, 0.1) is 10.6 Å². The molecule has 5 nitrogen and oxygen atoms in total. The fourth-order valence-corrected chi connectivity index (χ4v) is 3.32. The molecule has 7 heteroatoms. The van der Waals surface area contributed by atoms with E-state index < -0.39 is 15.7 Å². The largest absolute Gasteiger partial charge is 0.369 e. The second-order valence-electron chi connectivity index (χ2n) is 5.24. The molecule has 0 saturated carbocycles. The average molecular weight is 337 g/mol. The van der Waals surface area contributed by atoms with E-state index in [1.54, 1.807) is 13.1 Å². The fourth-order valence-electron chi connectivity index (χ4n) is 2.16. The second-order valence-corrected chi connectivity index (χ2v) is 7.35. The van der Waals surface area contributed by atoms with E-state index in [1.807, 2.05) is 0 Å². The van der Waals surface area contributed by atoms with Gasteiger partial charge in [0.25, 0.3) is 0 Å². The Morgan fingerprint density at radius 1 is 1.22 bits per heavy atom. The Balaban J connectivity index is 2.04. The monoisotopic (exact) mass is 337 g/mol. The normalized spacial score (nSPS) is 11.4. The van der Waals surface area contributed by atoms with Crippen LogP contribution in [0.25, 0.3) is 0 Å². The molecule has 0 spiro atoms. The number of nitrogens with zero attached hydrogens (tertiary/aromatic N) is 2. The van der Waals surface area contributed by atoms with Crippen LogP contribution in [0.1, 0.15) is 24.7 Å². The molecule has 0 aliphatic heterocycles. The number of aromatic nitrogens is 2. The van der Waals surface area contributed by atoms with Gasteiger partial charge in [-0.25, -0.2) is 22.8 Å². The molecule has 0 aliphatic carbocycles. The molecule has 2 rings (SSSR count). The van der Waals surface area contributed by atoms with Gasteiger partial charge in [0.2, 0.25) is 0 Å². The Labute approximate surface area is 135 Å². The summed E-state index contributed by atoms with van der Waals surface area (Å²) in [5.74, 6) is 0.762. The Kier molecular flexibility index (Phi) is 5.65. The number of halogens is 1. The van der Waals surface area contributed by atoms with Crippen molar-refractivity contribution in [3.05, 3.63) is 47.7 Å². The van der Waals surface area contributed by atoms with E-state index in [0.29, 0.717) is 11.6 Å². The molecular formula is C16H20FN3O2S. The summed E-state index contributed by atoms with van der Waals surface area (Å²) in [6.07, 6.45) is 3.55. The summed E-state index contributed by atoms with van der Waals surface area (Å²) in [6, 6.07) is 4.85. The van der Waals surface area contributed by atoms with E-state index in [4.69, 9.17) is 0 Å². The number of hydrogen-bond acceptors (Lipinski definition) is 5. The molecule has 2 aromatic rings. The quantitative estimate of drug-likeness (QED) is 0.787. The highest BCUT2D eigenvalue weighted by Gasteiger charge is 2.14. The molecule has 0 radical (unpaired) electrons. The molecule has 124 valence electrons. The van der Waals surface area contributed by atoms with Crippen LogP contribution >= 0.6 is 0 Å². The van der Waals surface area contributed by atoms with Gasteiger partial charge in [0.1, 0.15) is 17.5 Å². The van der Waals surface area contributed by atoms with Gasteiger partial charge < -0.3 is 5.32 Å². The van der Waals surface area contributed by atoms with Gasteiger partial charge in [-0.3, -0.25) is 0 Å². The summed E-state index contributed by atoms with van der Waals surface area (Å²) >= 11 is 0. The first-order valence-corrected chi connectivity index (χ1v) is 9.12. The second kappa shape index (κ2) is 7.50. The van der Waals surface area contributed by atoms with Crippen LogP contribution < -0.4 is 5.32 Å². The van der Waals surface area contributed by atoms with E-state index in [-0.39, 0.29) is 17.2 Å². The standard InChI is InChI=1S/C16H20FN3O2S/c1-3-4-13-11-19-12(2)20-16(13)18-9-10-23(21,22)15-7-5-14(17)6-8-15/h5-8,11H,3-4,9-10H2,1-2H3,(H,18,19,20). The molecule has 1 N–H and O–H groups in total. The van der Waals surface area contributed by atoms with Crippen LogP contribution in [-0.4, -0.2) is 30.7 Å². The summed E-state index contributed by atoms with van der Waals surface area (Å²) in [5.41, 5.74) is 0.970. The maximum atomic E-state index is 12.9. The number of rotatable bonds is 7. The van der Waals surface area contributed by atoms with Crippen LogP contribution in [0.4, 0.5) is 10.2 Å². The summed E-state index contributed by atoms with van der Waals surface area (Å²) < 4.78 is 37.3. The van der Waals surface area contributed by atoms with Gasteiger partial charge in [0, 0.05) is 18.3 Å². The van der Waals surface area contributed by atoms with Crippen molar-refractivity contribution in [3.63, 3.8) is 0 Å². The Morgan fingerprint density at radius 3 is 2.57 bits per heavy atom. The molecule has 23 heavy (non-hydrogen) atoms. The van der Waals surface area contributed by atoms with E-state index in [1.165, 1.54) is 12.1 Å². The van der Waals surface area contributed by atoms with E-state index >= 15 is 0 Å². The predicted octanol–water partition coefficient (Wildman–Crippen LogP) is 2.76. The third-order valence-corrected chi connectivity index (χ3v) is 5.07. The fraction of sp³-hybridized carbons (Fsp3) is 0.375. The molecule has 0 bridgehead atoms. The zero-order chi connectivity index (χ0) is 16.9. The number of benzene rings is 1. The molecule has 0 aliphatic rings. The summed E-state index contributed by atoms with van der Waals surface area (Å²) in [6.45, 7) is 4.08. The van der Waals surface area contributed by atoms with Crippen LogP contribution in [0.5, 0.6) is 0 Å². The van der Waals surface area contributed by atoms with Crippen molar-refractivity contribution in [2.75, 3.05) is 17.6 Å². The highest BCUT2D eigenvalue weighted by molar-refractivity contribution is 7.91. The third kappa shape index (κ3) is 4.72. The number of aryl methyl sites for hydroxylation is 2.